The highest BCUT2D eigenvalue weighted by atomic mass is 16.2. The Morgan fingerprint density at radius 2 is 1.84 bits per heavy atom. The molecule has 0 radical (unpaired) electrons. The fraction of sp³-hybridized carbons (Fsp3) is 0.308. The van der Waals surface area contributed by atoms with Gasteiger partial charge in [-0.05, 0) is 24.3 Å². The van der Waals surface area contributed by atoms with Gasteiger partial charge in [-0.15, -0.1) is 0 Å². The summed E-state index contributed by atoms with van der Waals surface area (Å²) in [7, 11) is 0. The summed E-state index contributed by atoms with van der Waals surface area (Å²) in [5.74, 6) is -0.293. The lowest BCUT2D eigenvalue weighted by Crippen LogP contribution is -2.30. The number of hydrogen-bond acceptors (Lipinski definition) is 4. The van der Waals surface area contributed by atoms with Gasteiger partial charge < -0.3 is 16.0 Å². The minimum atomic E-state index is -0.166. The maximum atomic E-state index is 11.4. The van der Waals surface area contributed by atoms with Crippen molar-refractivity contribution >= 4 is 23.2 Å². The molecule has 2 amide bonds. The number of hydrogen-bond donors (Lipinski definition) is 3. The number of carbonyl (C=O) groups is 2. The molecular formula is C13H16N4O2. The second kappa shape index (κ2) is 7.71. The molecule has 0 aliphatic heterocycles. The van der Waals surface area contributed by atoms with Crippen LogP contribution in [0, 0.1) is 11.3 Å². The molecule has 0 heterocycles. The predicted octanol–water partition coefficient (Wildman–Crippen LogP) is 1.09. The van der Waals surface area contributed by atoms with Crippen molar-refractivity contribution in [2.75, 3.05) is 23.7 Å². The number of rotatable bonds is 6. The average molecular weight is 260 g/mol. The molecule has 0 saturated carbocycles. The van der Waals surface area contributed by atoms with Gasteiger partial charge in [-0.3, -0.25) is 9.59 Å². The van der Waals surface area contributed by atoms with Gasteiger partial charge in [-0.25, -0.2) is 0 Å². The zero-order valence-corrected chi connectivity index (χ0v) is 10.7. The average Bonchev–Trinajstić information content (AvgIpc) is 2.37. The lowest BCUT2D eigenvalue weighted by atomic mass is 10.2. The summed E-state index contributed by atoms with van der Waals surface area (Å²) < 4.78 is 0. The van der Waals surface area contributed by atoms with E-state index < -0.39 is 0 Å². The summed E-state index contributed by atoms with van der Waals surface area (Å²) >= 11 is 0. The molecule has 0 saturated heterocycles. The number of nitriles is 1. The van der Waals surface area contributed by atoms with Crippen LogP contribution in [0.25, 0.3) is 0 Å². The normalized spacial score (nSPS) is 9.26. The molecule has 100 valence electrons. The Labute approximate surface area is 111 Å². The van der Waals surface area contributed by atoms with E-state index in [9.17, 15) is 9.59 Å². The molecular weight excluding hydrogens is 244 g/mol. The summed E-state index contributed by atoms with van der Waals surface area (Å²) in [4.78, 5) is 22.2. The van der Waals surface area contributed by atoms with Crippen LogP contribution in [0.4, 0.5) is 11.4 Å². The van der Waals surface area contributed by atoms with Gasteiger partial charge in [0.15, 0.2) is 0 Å². The summed E-state index contributed by atoms with van der Waals surface area (Å²) in [6, 6.07) is 8.99. The smallest absolute Gasteiger partial charge is 0.239 e. The first-order valence-corrected chi connectivity index (χ1v) is 5.87. The van der Waals surface area contributed by atoms with E-state index in [1.54, 1.807) is 24.3 Å². The fourth-order valence-electron chi connectivity index (χ4n) is 1.38. The first kappa shape index (κ1) is 14.5. The molecule has 0 aliphatic rings. The SMILES string of the molecule is CC(=O)Nc1ccc(NCC(=O)NCCC#N)cc1. The molecule has 0 aliphatic carbocycles. The number of benzene rings is 1. The van der Waals surface area contributed by atoms with Gasteiger partial charge in [-0.2, -0.15) is 5.26 Å². The van der Waals surface area contributed by atoms with Gasteiger partial charge in [0.1, 0.15) is 0 Å². The van der Waals surface area contributed by atoms with Gasteiger partial charge in [0.2, 0.25) is 11.8 Å². The maximum Gasteiger partial charge on any atom is 0.239 e. The van der Waals surface area contributed by atoms with Crippen LogP contribution in [0.3, 0.4) is 0 Å². The largest absolute Gasteiger partial charge is 0.376 e. The van der Waals surface area contributed by atoms with Crippen LogP contribution in [0.2, 0.25) is 0 Å². The number of carbonyl (C=O) groups excluding carboxylic acids is 2. The molecule has 0 atom stereocenters. The Balaban J connectivity index is 2.35. The lowest BCUT2D eigenvalue weighted by Gasteiger charge is -2.08. The molecule has 3 N–H and O–H groups in total. The minimum Gasteiger partial charge on any atom is -0.376 e. The highest BCUT2D eigenvalue weighted by Crippen LogP contribution is 2.12. The van der Waals surface area contributed by atoms with Gasteiger partial charge >= 0.3 is 0 Å². The lowest BCUT2D eigenvalue weighted by molar-refractivity contribution is -0.119. The highest BCUT2D eigenvalue weighted by Gasteiger charge is 2.00. The van der Waals surface area contributed by atoms with E-state index in [-0.39, 0.29) is 18.4 Å². The Hall–Kier alpha value is -2.55. The molecule has 1 aromatic rings. The third kappa shape index (κ3) is 6.07. The van der Waals surface area contributed by atoms with E-state index in [1.165, 1.54) is 6.92 Å². The van der Waals surface area contributed by atoms with E-state index >= 15 is 0 Å². The van der Waals surface area contributed by atoms with Crippen molar-refractivity contribution in [3.8, 4) is 6.07 Å². The zero-order chi connectivity index (χ0) is 14.1. The van der Waals surface area contributed by atoms with Gasteiger partial charge in [-0.1, -0.05) is 0 Å². The van der Waals surface area contributed by atoms with Crippen molar-refractivity contribution < 1.29 is 9.59 Å². The maximum absolute atomic E-state index is 11.4. The Kier molecular flexibility index (Phi) is 5.89. The standard InChI is InChI=1S/C13H16N4O2/c1-10(18)17-12-5-3-11(4-6-12)16-9-13(19)15-8-2-7-14/h3-6,16H,2,8-9H2,1H3,(H,15,19)(H,17,18). The third-order valence-corrected chi connectivity index (χ3v) is 2.22. The van der Waals surface area contributed by atoms with Crippen LogP contribution in [0.5, 0.6) is 0 Å². The summed E-state index contributed by atoms with van der Waals surface area (Å²) in [5.41, 5.74) is 1.49. The van der Waals surface area contributed by atoms with Crippen LogP contribution in [-0.4, -0.2) is 24.9 Å². The number of nitrogens with one attached hydrogen (secondary N) is 3. The van der Waals surface area contributed by atoms with Crippen LogP contribution < -0.4 is 16.0 Å². The van der Waals surface area contributed by atoms with Crippen molar-refractivity contribution in [2.45, 2.75) is 13.3 Å². The van der Waals surface area contributed by atoms with Gasteiger partial charge in [0.05, 0.1) is 19.0 Å². The molecule has 0 fully saturated rings. The van der Waals surface area contributed by atoms with Crippen LogP contribution in [0.15, 0.2) is 24.3 Å². The molecule has 0 spiro atoms. The Bertz CT molecular complexity index is 476. The topological polar surface area (TPSA) is 94.0 Å². The first-order valence-electron chi connectivity index (χ1n) is 5.87. The highest BCUT2D eigenvalue weighted by molar-refractivity contribution is 5.88. The monoisotopic (exact) mass is 260 g/mol. The van der Waals surface area contributed by atoms with E-state index in [2.05, 4.69) is 16.0 Å². The molecule has 0 aromatic heterocycles. The van der Waals surface area contributed by atoms with Gasteiger partial charge in [0.25, 0.3) is 0 Å². The third-order valence-electron chi connectivity index (χ3n) is 2.22. The van der Waals surface area contributed by atoms with Crippen molar-refractivity contribution in [3.05, 3.63) is 24.3 Å². The molecule has 6 heteroatoms. The summed E-state index contributed by atoms with van der Waals surface area (Å²) in [5, 5.41) is 16.5. The number of nitrogens with zero attached hydrogens (tertiary/aromatic N) is 1. The Morgan fingerprint density at radius 1 is 1.21 bits per heavy atom. The van der Waals surface area contributed by atoms with Crippen LogP contribution in [-0.2, 0) is 9.59 Å². The van der Waals surface area contributed by atoms with Crippen LogP contribution >= 0.6 is 0 Å². The van der Waals surface area contributed by atoms with Crippen LogP contribution in [0.1, 0.15) is 13.3 Å². The molecule has 0 bridgehead atoms. The van der Waals surface area contributed by atoms with Crippen molar-refractivity contribution in [3.63, 3.8) is 0 Å². The zero-order valence-electron chi connectivity index (χ0n) is 10.7. The first-order chi connectivity index (χ1) is 9.11. The van der Waals surface area contributed by atoms with Crippen molar-refractivity contribution in [2.24, 2.45) is 0 Å². The molecule has 0 unspecified atom stereocenters. The minimum absolute atomic E-state index is 0.127. The van der Waals surface area contributed by atoms with E-state index in [1.807, 2.05) is 6.07 Å². The predicted molar refractivity (Wildman–Crippen MR) is 72.5 cm³/mol. The molecule has 1 aromatic carbocycles. The quantitative estimate of drug-likeness (QED) is 0.667. The fourth-order valence-corrected chi connectivity index (χ4v) is 1.38. The second-order valence-electron chi connectivity index (χ2n) is 3.87. The van der Waals surface area contributed by atoms with E-state index in [0.717, 1.165) is 5.69 Å². The molecule has 1 rings (SSSR count). The van der Waals surface area contributed by atoms with Crippen molar-refractivity contribution in [1.82, 2.24) is 5.32 Å². The Morgan fingerprint density at radius 3 is 2.42 bits per heavy atom. The molecule has 6 nitrogen and oxygen atoms in total. The summed E-state index contributed by atoms with van der Waals surface area (Å²) in [6.45, 7) is 1.95. The number of anilines is 2. The number of amides is 2. The van der Waals surface area contributed by atoms with E-state index in [0.29, 0.717) is 18.7 Å². The van der Waals surface area contributed by atoms with E-state index in [4.69, 9.17) is 5.26 Å². The molecule has 19 heavy (non-hydrogen) atoms. The van der Waals surface area contributed by atoms with Gasteiger partial charge in [0, 0.05) is 24.8 Å². The second-order valence-corrected chi connectivity index (χ2v) is 3.87. The van der Waals surface area contributed by atoms with Crippen molar-refractivity contribution in [1.29, 1.82) is 5.26 Å². The summed E-state index contributed by atoms with van der Waals surface area (Å²) in [6.07, 6.45) is 0.303.